The van der Waals surface area contributed by atoms with E-state index in [0.717, 1.165) is 25.0 Å². The van der Waals surface area contributed by atoms with Crippen molar-refractivity contribution in [2.75, 3.05) is 13.2 Å². The summed E-state index contributed by atoms with van der Waals surface area (Å²) >= 11 is 0. The van der Waals surface area contributed by atoms with Crippen LogP contribution >= 0.6 is 0 Å². The Morgan fingerprint density at radius 2 is 1.75 bits per heavy atom. The summed E-state index contributed by atoms with van der Waals surface area (Å²) in [6.07, 6.45) is 12.1. The van der Waals surface area contributed by atoms with E-state index in [0.29, 0.717) is 6.04 Å². The second-order valence-electron chi connectivity index (χ2n) is 7.16. The van der Waals surface area contributed by atoms with Crippen molar-refractivity contribution >= 4 is 0 Å². The van der Waals surface area contributed by atoms with Crippen molar-refractivity contribution in [1.29, 1.82) is 0 Å². The molecule has 2 aliphatic carbocycles. The van der Waals surface area contributed by atoms with Gasteiger partial charge in [0.2, 0.25) is 0 Å². The fourth-order valence-electron chi connectivity index (χ4n) is 4.51. The highest BCUT2D eigenvalue weighted by Gasteiger charge is 2.45. The molecule has 2 rings (SSSR count). The quantitative estimate of drug-likeness (QED) is 0.740. The normalized spacial score (nSPS) is 31.4. The molecule has 0 heterocycles. The Kier molecular flexibility index (Phi) is 6.35. The molecular weight excluding hydrogens is 246 g/mol. The number of hydrogen-bond acceptors (Lipinski definition) is 2. The molecule has 1 N–H and O–H groups in total. The Bertz CT molecular complexity index is 265. The molecule has 20 heavy (non-hydrogen) atoms. The predicted molar refractivity (Wildman–Crippen MR) is 86.0 cm³/mol. The maximum atomic E-state index is 6.37. The van der Waals surface area contributed by atoms with E-state index in [2.05, 4.69) is 26.1 Å². The van der Waals surface area contributed by atoms with Crippen molar-refractivity contribution in [2.45, 2.75) is 90.2 Å². The van der Waals surface area contributed by atoms with Gasteiger partial charge in [-0.25, -0.2) is 0 Å². The third kappa shape index (κ3) is 3.76. The Morgan fingerprint density at radius 3 is 2.30 bits per heavy atom. The molecule has 0 aromatic carbocycles. The minimum absolute atomic E-state index is 0.148. The van der Waals surface area contributed by atoms with Gasteiger partial charge < -0.3 is 10.1 Å². The van der Waals surface area contributed by atoms with E-state index in [1.165, 1.54) is 57.8 Å². The van der Waals surface area contributed by atoms with Crippen LogP contribution in [0.5, 0.6) is 0 Å². The SMILES string of the molecule is CCCNC(C1CCC(C)CC1)C1(OCC)CCCC1. The fraction of sp³-hybridized carbons (Fsp3) is 1.00. The van der Waals surface area contributed by atoms with Crippen molar-refractivity contribution in [2.24, 2.45) is 11.8 Å². The van der Waals surface area contributed by atoms with Crippen molar-refractivity contribution < 1.29 is 4.74 Å². The van der Waals surface area contributed by atoms with Gasteiger partial charge >= 0.3 is 0 Å². The Morgan fingerprint density at radius 1 is 1.10 bits per heavy atom. The van der Waals surface area contributed by atoms with Crippen LogP contribution in [0.1, 0.15) is 78.6 Å². The summed E-state index contributed by atoms with van der Waals surface area (Å²) in [7, 11) is 0. The molecule has 0 amide bonds. The highest BCUT2D eigenvalue weighted by molar-refractivity contribution is 5.01. The zero-order valence-electron chi connectivity index (χ0n) is 13.9. The van der Waals surface area contributed by atoms with Gasteiger partial charge in [-0.15, -0.1) is 0 Å². The smallest absolute Gasteiger partial charge is 0.0837 e. The van der Waals surface area contributed by atoms with Crippen LogP contribution in [0, 0.1) is 11.8 Å². The lowest BCUT2D eigenvalue weighted by molar-refractivity contribution is -0.0799. The standard InChI is InChI=1S/C18H35NO/c1-4-14-19-17(16-10-8-15(3)9-11-16)18(20-5-2)12-6-7-13-18/h15-17,19H,4-14H2,1-3H3. The van der Waals surface area contributed by atoms with Gasteiger partial charge in [-0.3, -0.25) is 0 Å². The van der Waals surface area contributed by atoms with E-state index in [9.17, 15) is 0 Å². The molecule has 1 unspecified atom stereocenters. The molecule has 2 heteroatoms. The third-order valence-corrected chi connectivity index (χ3v) is 5.59. The molecule has 0 aliphatic heterocycles. The summed E-state index contributed by atoms with van der Waals surface area (Å²) in [6, 6.07) is 0.595. The molecule has 2 aliphatic rings. The summed E-state index contributed by atoms with van der Waals surface area (Å²) in [5.41, 5.74) is 0.148. The Balaban J connectivity index is 2.08. The van der Waals surface area contributed by atoms with Crippen LogP contribution < -0.4 is 5.32 Å². The van der Waals surface area contributed by atoms with Crippen molar-refractivity contribution in [3.05, 3.63) is 0 Å². The summed E-state index contributed by atoms with van der Waals surface area (Å²) in [4.78, 5) is 0. The topological polar surface area (TPSA) is 21.3 Å². The van der Waals surface area contributed by atoms with Gasteiger partial charge in [-0.05, 0) is 57.4 Å². The first-order valence-electron chi connectivity index (χ1n) is 9.09. The van der Waals surface area contributed by atoms with Crippen LogP contribution in [0.15, 0.2) is 0 Å². The van der Waals surface area contributed by atoms with Crippen molar-refractivity contribution in [3.63, 3.8) is 0 Å². The molecule has 0 aromatic rings. The van der Waals surface area contributed by atoms with Gasteiger partial charge in [-0.2, -0.15) is 0 Å². The van der Waals surface area contributed by atoms with Gasteiger partial charge in [0.1, 0.15) is 0 Å². The first-order chi connectivity index (χ1) is 9.72. The summed E-state index contributed by atoms with van der Waals surface area (Å²) in [5, 5.41) is 3.90. The second-order valence-corrected chi connectivity index (χ2v) is 7.16. The molecule has 1 atom stereocenters. The van der Waals surface area contributed by atoms with Crippen LogP contribution in [0.2, 0.25) is 0 Å². The van der Waals surface area contributed by atoms with E-state index in [1.54, 1.807) is 0 Å². The molecular formula is C18H35NO. The number of rotatable bonds is 7. The highest BCUT2D eigenvalue weighted by Crippen LogP contribution is 2.42. The number of nitrogens with one attached hydrogen (secondary N) is 1. The molecule has 0 aromatic heterocycles. The van der Waals surface area contributed by atoms with E-state index < -0.39 is 0 Å². The van der Waals surface area contributed by atoms with Crippen molar-refractivity contribution in [3.8, 4) is 0 Å². The number of ether oxygens (including phenoxy) is 1. The average molecular weight is 281 g/mol. The Hall–Kier alpha value is -0.0800. The predicted octanol–water partition coefficient (Wildman–Crippen LogP) is 4.53. The zero-order chi connectivity index (χ0) is 14.4. The van der Waals surface area contributed by atoms with Gasteiger partial charge in [0, 0.05) is 12.6 Å². The summed E-state index contributed by atoms with van der Waals surface area (Å²) in [6.45, 7) is 8.87. The van der Waals surface area contributed by atoms with Gasteiger partial charge in [0.15, 0.2) is 0 Å². The molecule has 0 saturated heterocycles. The minimum Gasteiger partial charge on any atom is -0.374 e. The van der Waals surface area contributed by atoms with Crippen LogP contribution in [-0.2, 0) is 4.74 Å². The van der Waals surface area contributed by atoms with Crippen molar-refractivity contribution in [1.82, 2.24) is 5.32 Å². The largest absolute Gasteiger partial charge is 0.374 e. The molecule has 2 nitrogen and oxygen atoms in total. The molecule has 118 valence electrons. The highest BCUT2D eigenvalue weighted by atomic mass is 16.5. The van der Waals surface area contributed by atoms with Gasteiger partial charge in [0.25, 0.3) is 0 Å². The number of hydrogen-bond donors (Lipinski definition) is 1. The minimum atomic E-state index is 0.148. The van der Waals surface area contributed by atoms with Gasteiger partial charge in [0.05, 0.1) is 5.60 Å². The van der Waals surface area contributed by atoms with E-state index in [1.807, 2.05) is 0 Å². The van der Waals surface area contributed by atoms with E-state index >= 15 is 0 Å². The first kappa shape index (κ1) is 16.3. The van der Waals surface area contributed by atoms with Crippen LogP contribution in [0.3, 0.4) is 0 Å². The molecule has 2 saturated carbocycles. The maximum absolute atomic E-state index is 6.37. The van der Waals surface area contributed by atoms with E-state index in [-0.39, 0.29) is 5.60 Å². The average Bonchev–Trinajstić information content (AvgIpc) is 2.91. The van der Waals surface area contributed by atoms with Crippen LogP contribution in [0.4, 0.5) is 0 Å². The maximum Gasteiger partial charge on any atom is 0.0837 e. The summed E-state index contributed by atoms with van der Waals surface area (Å²) < 4.78 is 6.37. The lowest BCUT2D eigenvalue weighted by atomic mass is 9.73. The fourth-order valence-corrected chi connectivity index (χ4v) is 4.51. The Labute approximate surface area is 126 Å². The van der Waals surface area contributed by atoms with E-state index in [4.69, 9.17) is 4.74 Å². The van der Waals surface area contributed by atoms with Gasteiger partial charge in [-0.1, -0.05) is 39.5 Å². The lowest BCUT2D eigenvalue weighted by Gasteiger charge is -2.44. The lowest BCUT2D eigenvalue weighted by Crippen LogP contribution is -2.55. The molecule has 0 spiro atoms. The summed E-state index contributed by atoms with van der Waals surface area (Å²) in [5.74, 6) is 1.77. The molecule has 0 radical (unpaired) electrons. The molecule has 2 fully saturated rings. The molecule has 0 bridgehead atoms. The zero-order valence-corrected chi connectivity index (χ0v) is 13.9. The monoisotopic (exact) mass is 281 g/mol. The first-order valence-corrected chi connectivity index (χ1v) is 9.09. The third-order valence-electron chi connectivity index (χ3n) is 5.59. The van der Waals surface area contributed by atoms with Crippen LogP contribution in [-0.4, -0.2) is 24.8 Å². The second kappa shape index (κ2) is 7.79. The van der Waals surface area contributed by atoms with Crippen LogP contribution in [0.25, 0.3) is 0 Å².